The molecule has 0 heteroatoms. The average molecular weight is 214 g/mol. The Morgan fingerprint density at radius 1 is 0.733 bits per heavy atom. The topological polar surface area (TPSA) is 0 Å². The average Bonchev–Trinajstić information content (AvgIpc) is 2.28. The highest BCUT2D eigenvalue weighted by molar-refractivity contribution is 4.78. The summed E-state index contributed by atoms with van der Waals surface area (Å²) >= 11 is 0. The van der Waals surface area contributed by atoms with E-state index in [0.717, 1.165) is 5.92 Å². The molecule has 0 atom stereocenters. The largest absolute Gasteiger partial charge is 0.0776 e. The first-order valence-corrected chi connectivity index (χ1v) is 6.11. The van der Waals surface area contributed by atoms with Crippen molar-refractivity contribution in [1.82, 2.24) is 0 Å². The van der Waals surface area contributed by atoms with Crippen LogP contribution in [0.3, 0.4) is 0 Å². The molecule has 0 saturated heterocycles. The van der Waals surface area contributed by atoms with Crippen LogP contribution in [-0.4, -0.2) is 0 Å². The minimum absolute atomic E-state index is 0. The molecule has 0 aromatic carbocycles. The van der Waals surface area contributed by atoms with Crippen LogP contribution in [0.2, 0.25) is 0 Å². The number of hydrogen-bond acceptors (Lipinski definition) is 0. The van der Waals surface area contributed by atoms with E-state index in [2.05, 4.69) is 48.5 Å². The van der Waals surface area contributed by atoms with E-state index >= 15 is 0 Å². The van der Waals surface area contributed by atoms with Crippen LogP contribution in [0, 0.1) is 16.7 Å². The molecule has 1 aliphatic carbocycles. The van der Waals surface area contributed by atoms with Crippen molar-refractivity contribution < 1.29 is 0 Å². The van der Waals surface area contributed by atoms with Gasteiger partial charge in [-0.05, 0) is 29.6 Å². The van der Waals surface area contributed by atoms with Gasteiger partial charge in [0.1, 0.15) is 0 Å². The van der Waals surface area contributed by atoms with Crippen molar-refractivity contribution in [3.8, 4) is 0 Å². The van der Waals surface area contributed by atoms with Gasteiger partial charge in [-0.2, -0.15) is 0 Å². The summed E-state index contributed by atoms with van der Waals surface area (Å²) in [5, 5.41) is 0. The highest BCUT2D eigenvalue weighted by atomic mass is 14.3. The van der Waals surface area contributed by atoms with Gasteiger partial charge in [0.15, 0.2) is 0 Å². The second kappa shape index (κ2) is 6.55. The van der Waals surface area contributed by atoms with E-state index in [1.807, 2.05) is 0 Å². The van der Waals surface area contributed by atoms with E-state index in [4.69, 9.17) is 0 Å². The third-order valence-electron chi connectivity index (χ3n) is 2.58. The fourth-order valence-electron chi connectivity index (χ4n) is 1.79. The van der Waals surface area contributed by atoms with Crippen LogP contribution in [0.1, 0.15) is 81.6 Å². The first-order valence-electron chi connectivity index (χ1n) is 6.11. The van der Waals surface area contributed by atoms with E-state index in [0.29, 0.717) is 10.8 Å². The van der Waals surface area contributed by atoms with Gasteiger partial charge in [0.25, 0.3) is 0 Å². The van der Waals surface area contributed by atoms with Crippen molar-refractivity contribution in [3.63, 3.8) is 0 Å². The van der Waals surface area contributed by atoms with Crippen LogP contribution in [0.5, 0.6) is 0 Å². The normalized spacial score (nSPS) is 17.8. The SMILES string of the molecule is C.CC(C)(C)C.CC(C)(C)C1CCCC1. The van der Waals surface area contributed by atoms with Crippen LogP contribution in [0.15, 0.2) is 0 Å². The molecule has 0 aliphatic heterocycles. The third-order valence-corrected chi connectivity index (χ3v) is 2.58. The summed E-state index contributed by atoms with van der Waals surface area (Å²) in [7, 11) is 0. The van der Waals surface area contributed by atoms with Crippen molar-refractivity contribution in [1.29, 1.82) is 0 Å². The summed E-state index contributed by atoms with van der Waals surface area (Å²) in [5.41, 5.74) is 1.08. The summed E-state index contributed by atoms with van der Waals surface area (Å²) in [5.74, 6) is 1.01. The van der Waals surface area contributed by atoms with Crippen LogP contribution in [0.4, 0.5) is 0 Å². The second-order valence-electron chi connectivity index (χ2n) is 7.35. The van der Waals surface area contributed by atoms with E-state index in [1.165, 1.54) is 25.7 Å². The maximum Gasteiger partial charge on any atom is -0.0354 e. The lowest BCUT2D eigenvalue weighted by atomic mass is 9.80. The van der Waals surface area contributed by atoms with Gasteiger partial charge in [0.2, 0.25) is 0 Å². The smallest absolute Gasteiger partial charge is 0.0354 e. The van der Waals surface area contributed by atoms with E-state index in [1.54, 1.807) is 0 Å². The van der Waals surface area contributed by atoms with Crippen molar-refractivity contribution in [3.05, 3.63) is 0 Å². The summed E-state index contributed by atoms with van der Waals surface area (Å²) in [6.07, 6.45) is 5.90. The lowest BCUT2D eigenvalue weighted by molar-refractivity contribution is 0.246. The molecule has 94 valence electrons. The molecule has 15 heavy (non-hydrogen) atoms. The Bertz CT molecular complexity index is 130. The fraction of sp³-hybridized carbons (Fsp3) is 1.00. The van der Waals surface area contributed by atoms with Gasteiger partial charge in [-0.3, -0.25) is 0 Å². The van der Waals surface area contributed by atoms with Crippen LogP contribution in [-0.2, 0) is 0 Å². The minimum Gasteiger partial charge on any atom is -0.0776 e. The highest BCUT2D eigenvalue weighted by Crippen LogP contribution is 2.38. The maximum absolute atomic E-state index is 2.36. The standard InChI is InChI=1S/C9H18.C5H12.CH4/c1-9(2,3)8-6-4-5-7-8;1-5(2,3)4;/h8H,4-7H2,1-3H3;1-4H3;1H4. The summed E-state index contributed by atoms with van der Waals surface area (Å²) in [6.45, 7) is 15.8. The highest BCUT2D eigenvalue weighted by Gasteiger charge is 2.26. The summed E-state index contributed by atoms with van der Waals surface area (Å²) in [4.78, 5) is 0. The zero-order chi connectivity index (χ0) is 11.4. The lowest BCUT2D eigenvalue weighted by Gasteiger charge is -2.26. The van der Waals surface area contributed by atoms with Crippen LogP contribution < -0.4 is 0 Å². The predicted molar refractivity (Wildman–Crippen MR) is 73.3 cm³/mol. The molecule has 1 aliphatic rings. The molecule has 0 N–H and O–H groups in total. The van der Waals surface area contributed by atoms with Gasteiger partial charge in [-0.25, -0.2) is 0 Å². The van der Waals surface area contributed by atoms with Gasteiger partial charge in [-0.1, -0.05) is 68.7 Å². The number of hydrogen-bond donors (Lipinski definition) is 0. The summed E-state index contributed by atoms with van der Waals surface area (Å²) in [6, 6.07) is 0. The Hall–Kier alpha value is 0. The first kappa shape index (κ1) is 17.4. The van der Waals surface area contributed by atoms with Gasteiger partial charge in [0.05, 0.1) is 0 Å². The molecular formula is C15H34. The molecule has 0 radical (unpaired) electrons. The Morgan fingerprint density at radius 2 is 1.00 bits per heavy atom. The van der Waals surface area contributed by atoms with Gasteiger partial charge in [0, 0.05) is 0 Å². The molecule has 0 aromatic heterocycles. The molecule has 0 amide bonds. The quantitative estimate of drug-likeness (QED) is 0.470. The van der Waals surface area contributed by atoms with E-state index in [-0.39, 0.29) is 7.43 Å². The maximum atomic E-state index is 2.36. The van der Waals surface area contributed by atoms with Crippen molar-refractivity contribution in [2.75, 3.05) is 0 Å². The molecule has 0 unspecified atom stereocenters. The predicted octanol–water partition coefficient (Wildman–Crippen LogP) is 5.91. The molecule has 0 spiro atoms. The minimum atomic E-state index is 0. The van der Waals surface area contributed by atoms with Gasteiger partial charge < -0.3 is 0 Å². The zero-order valence-corrected chi connectivity index (χ0v) is 11.4. The Labute approximate surface area is 98.9 Å². The molecule has 0 aromatic rings. The van der Waals surface area contributed by atoms with Crippen LogP contribution in [0.25, 0.3) is 0 Å². The molecule has 1 saturated carbocycles. The van der Waals surface area contributed by atoms with E-state index < -0.39 is 0 Å². The van der Waals surface area contributed by atoms with Crippen molar-refractivity contribution in [2.24, 2.45) is 16.7 Å². The van der Waals surface area contributed by atoms with Crippen molar-refractivity contribution in [2.45, 2.75) is 81.6 Å². The molecule has 0 bridgehead atoms. The summed E-state index contributed by atoms with van der Waals surface area (Å²) < 4.78 is 0. The fourth-order valence-corrected chi connectivity index (χ4v) is 1.79. The van der Waals surface area contributed by atoms with Gasteiger partial charge in [-0.15, -0.1) is 0 Å². The van der Waals surface area contributed by atoms with Crippen LogP contribution >= 0.6 is 0 Å². The van der Waals surface area contributed by atoms with Crippen molar-refractivity contribution >= 4 is 0 Å². The first-order chi connectivity index (χ1) is 6.11. The Balaban J connectivity index is 0. The Morgan fingerprint density at radius 3 is 1.13 bits per heavy atom. The lowest BCUT2D eigenvalue weighted by Crippen LogP contribution is -2.16. The number of rotatable bonds is 0. The van der Waals surface area contributed by atoms with E-state index in [9.17, 15) is 0 Å². The molecule has 1 rings (SSSR count). The Kier molecular flexibility index (Phi) is 7.60. The zero-order valence-electron chi connectivity index (χ0n) is 11.4. The molecule has 0 heterocycles. The molecule has 0 nitrogen and oxygen atoms in total. The molecular weight excluding hydrogens is 180 g/mol. The second-order valence-corrected chi connectivity index (χ2v) is 7.35. The third kappa shape index (κ3) is 11.9. The van der Waals surface area contributed by atoms with Gasteiger partial charge >= 0.3 is 0 Å². The molecule has 1 fully saturated rings. The monoisotopic (exact) mass is 214 g/mol.